The maximum Gasteiger partial charge on any atom is 0.270 e. The molecule has 0 aromatic carbocycles. The Bertz CT molecular complexity index is 676. The average Bonchev–Trinajstić information content (AvgIpc) is 3.30. The quantitative estimate of drug-likeness (QED) is 0.890. The Hall–Kier alpha value is -2.41. The molecule has 2 aromatic heterocycles. The van der Waals surface area contributed by atoms with Crippen LogP contribution in [-0.4, -0.2) is 57.6 Å². The molecule has 2 aliphatic rings. The molecule has 1 aliphatic heterocycles. The van der Waals surface area contributed by atoms with Crippen LogP contribution in [0.4, 0.5) is 5.95 Å². The second kappa shape index (κ2) is 6.60. The van der Waals surface area contributed by atoms with Crippen LogP contribution in [-0.2, 0) is 4.74 Å². The fourth-order valence-electron chi connectivity index (χ4n) is 3.76. The van der Waals surface area contributed by atoms with Crippen LogP contribution in [0.5, 0.6) is 0 Å². The van der Waals surface area contributed by atoms with Crippen LogP contribution in [0.25, 0.3) is 0 Å². The van der Waals surface area contributed by atoms with Gasteiger partial charge in [0, 0.05) is 37.6 Å². The smallest absolute Gasteiger partial charge is 0.270 e. The van der Waals surface area contributed by atoms with E-state index in [2.05, 4.69) is 20.3 Å². The second-order valence-corrected chi connectivity index (χ2v) is 6.28. The van der Waals surface area contributed by atoms with Crippen molar-refractivity contribution in [1.82, 2.24) is 19.9 Å². The van der Waals surface area contributed by atoms with E-state index in [1.54, 1.807) is 24.7 Å². The van der Waals surface area contributed by atoms with E-state index in [4.69, 9.17) is 4.74 Å². The molecule has 4 rings (SSSR count). The zero-order valence-corrected chi connectivity index (χ0v) is 13.4. The lowest BCUT2D eigenvalue weighted by atomic mass is 10.0. The standard InChI is InChI=1S/C17H21N5O2/c23-16(13-3-1-6-18-13)22-9-10-24-15-12(4-5-14(15)22)11-21-17-19-7-2-8-20-17/h1-3,6-8,12,14-15,18H,4-5,9-11H2,(H,19,20,21)/t12?,14-,15-/m0/s1. The van der Waals surface area contributed by atoms with E-state index in [1.807, 2.05) is 17.0 Å². The molecule has 2 aromatic rings. The number of nitrogens with one attached hydrogen (secondary N) is 2. The molecular formula is C17H21N5O2. The summed E-state index contributed by atoms with van der Waals surface area (Å²) in [7, 11) is 0. The van der Waals surface area contributed by atoms with Crippen LogP contribution >= 0.6 is 0 Å². The van der Waals surface area contributed by atoms with Crippen molar-refractivity contribution in [3.8, 4) is 0 Å². The molecule has 24 heavy (non-hydrogen) atoms. The Labute approximate surface area is 140 Å². The largest absolute Gasteiger partial charge is 0.374 e. The van der Waals surface area contributed by atoms with E-state index >= 15 is 0 Å². The van der Waals surface area contributed by atoms with Gasteiger partial charge in [-0.05, 0) is 31.0 Å². The minimum atomic E-state index is 0.0679. The number of hydrogen-bond acceptors (Lipinski definition) is 5. The first-order valence-corrected chi connectivity index (χ1v) is 8.40. The van der Waals surface area contributed by atoms with Gasteiger partial charge in [-0.3, -0.25) is 4.79 Å². The molecule has 1 amide bonds. The highest BCUT2D eigenvalue weighted by Crippen LogP contribution is 2.35. The Morgan fingerprint density at radius 1 is 1.33 bits per heavy atom. The number of carbonyl (C=O) groups excluding carboxylic acids is 1. The number of anilines is 1. The van der Waals surface area contributed by atoms with Gasteiger partial charge in [0.25, 0.3) is 5.91 Å². The normalized spacial score (nSPS) is 26.2. The Balaban J connectivity index is 1.42. The SMILES string of the molecule is O=C(c1ccc[nH]1)N1CCO[C@H]2C(CNc3ncccn3)CC[C@@H]21. The summed E-state index contributed by atoms with van der Waals surface area (Å²) < 4.78 is 6.02. The predicted molar refractivity (Wildman–Crippen MR) is 88.6 cm³/mol. The van der Waals surface area contributed by atoms with Gasteiger partial charge >= 0.3 is 0 Å². The van der Waals surface area contributed by atoms with E-state index in [0.717, 1.165) is 19.4 Å². The highest BCUT2D eigenvalue weighted by atomic mass is 16.5. The third-order valence-electron chi connectivity index (χ3n) is 4.90. The number of nitrogens with zero attached hydrogens (tertiary/aromatic N) is 3. The van der Waals surface area contributed by atoms with Gasteiger partial charge in [-0.2, -0.15) is 0 Å². The fourth-order valence-corrected chi connectivity index (χ4v) is 3.76. The highest BCUT2D eigenvalue weighted by molar-refractivity contribution is 5.92. The van der Waals surface area contributed by atoms with Crippen LogP contribution in [0.1, 0.15) is 23.3 Å². The number of morpholine rings is 1. The third kappa shape index (κ3) is 2.87. The van der Waals surface area contributed by atoms with Crippen LogP contribution < -0.4 is 5.32 Å². The third-order valence-corrected chi connectivity index (χ3v) is 4.90. The summed E-state index contributed by atoms with van der Waals surface area (Å²) in [6.45, 7) is 2.00. The van der Waals surface area contributed by atoms with E-state index in [9.17, 15) is 4.79 Å². The summed E-state index contributed by atoms with van der Waals surface area (Å²) in [6, 6.07) is 5.63. The molecule has 126 valence electrons. The fraction of sp³-hybridized carbons (Fsp3) is 0.471. The lowest BCUT2D eigenvalue weighted by Crippen LogP contribution is -2.53. The van der Waals surface area contributed by atoms with Crippen molar-refractivity contribution in [1.29, 1.82) is 0 Å². The molecule has 1 aliphatic carbocycles. The van der Waals surface area contributed by atoms with Crippen LogP contribution in [0.15, 0.2) is 36.8 Å². The predicted octanol–water partition coefficient (Wildman–Crippen LogP) is 1.54. The molecule has 3 heterocycles. The monoisotopic (exact) mass is 327 g/mol. The van der Waals surface area contributed by atoms with Crippen molar-refractivity contribution in [2.45, 2.75) is 25.0 Å². The molecular weight excluding hydrogens is 306 g/mol. The molecule has 1 saturated carbocycles. The summed E-state index contributed by atoms with van der Waals surface area (Å²) in [6.07, 6.45) is 7.31. The molecule has 0 spiro atoms. The van der Waals surface area contributed by atoms with Gasteiger partial charge in [0.15, 0.2) is 0 Å². The first-order chi connectivity index (χ1) is 11.8. The maximum absolute atomic E-state index is 12.7. The molecule has 7 heteroatoms. The maximum atomic E-state index is 12.7. The molecule has 2 N–H and O–H groups in total. The molecule has 1 unspecified atom stereocenters. The molecule has 0 radical (unpaired) electrons. The van der Waals surface area contributed by atoms with E-state index < -0.39 is 0 Å². The second-order valence-electron chi connectivity index (χ2n) is 6.28. The number of carbonyl (C=O) groups is 1. The molecule has 7 nitrogen and oxygen atoms in total. The number of fused-ring (bicyclic) bond motifs is 1. The highest BCUT2D eigenvalue weighted by Gasteiger charge is 2.44. The van der Waals surface area contributed by atoms with Crippen LogP contribution in [0, 0.1) is 5.92 Å². The van der Waals surface area contributed by atoms with E-state index in [0.29, 0.717) is 30.7 Å². The summed E-state index contributed by atoms with van der Waals surface area (Å²) in [5, 5.41) is 3.28. The van der Waals surface area contributed by atoms with Gasteiger partial charge in [-0.25, -0.2) is 9.97 Å². The first-order valence-electron chi connectivity index (χ1n) is 8.40. The zero-order valence-electron chi connectivity index (χ0n) is 13.4. The topological polar surface area (TPSA) is 83.1 Å². The number of hydrogen-bond donors (Lipinski definition) is 2. The number of H-pyrrole nitrogens is 1. The lowest BCUT2D eigenvalue weighted by Gasteiger charge is -2.39. The summed E-state index contributed by atoms with van der Waals surface area (Å²) >= 11 is 0. The van der Waals surface area contributed by atoms with Gasteiger partial charge in [-0.1, -0.05) is 0 Å². The van der Waals surface area contributed by atoms with Crippen molar-refractivity contribution in [3.63, 3.8) is 0 Å². The summed E-state index contributed by atoms with van der Waals surface area (Å²) in [5.74, 6) is 1.06. The first kappa shape index (κ1) is 15.1. The minimum Gasteiger partial charge on any atom is -0.374 e. The van der Waals surface area contributed by atoms with Crippen molar-refractivity contribution < 1.29 is 9.53 Å². The number of aromatic nitrogens is 3. The average molecular weight is 327 g/mol. The molecule has 0 bridgehead atoms. The Kier molecular flexibility index (Phi) is 4.17. The Morgan fingerprint density at radius 2 is 2.21 bits per heavy atom. The van der Waals surface area contributed by atoms with Gasteiger partial charge in [0.05, 0.1) is 18.8 Å². The van der Waals surface area contributed by atoms with Crippen molar-refractivity contribution in [2.24, 2.45) is 5.92 Å². The number of amides is 1. The lowest BCUT2D eigenvalue weighted by molar-refractivity contribution is -0.0603. The van der Waals surface area contributed by atoms with E-state index in [-0.39, 0.29) is 18.1 Å². The summed E-state index contributed by atoms with van der Waals surface area (Å²) in [5.41, 5.74) is 0.648. The number of aromatic amines is 1. The van der Waals surface area contributed by atoms with Crippen LogP contribution in [0.2, 0.25) is 0 Å². The molecule has 3 atom stereocenters. The van der Waals surface area contributed by atoms with Gasteiger partial charge < -0.3 is 19.9 Å². The summed E-state index contributed by atoms with van der Waals surface area (Å²) in [4.78, 5) is 26.1. The number of ether oxygens (including phenoxy) is 1. The van der Waals surface area contributed by atoms with Gasteiger partial charge in [0.1, 0.15) is 5.69 Å². The van der Waals surface area contributed by atoms with Gasteiger partial charge in [-0.15, -0.1) is 0 Å². The van der Waals surface area contributed by atoms with Crippen molar-refractivity contribution in [3.05, 3.63) is 42.5 Å². The van der Waals surface area contributed by atoms with E-state index in [1.165, 1.54) is 0 Å². The number of rotatable bonds is 4. The minimum absolute atomic E-state index is 0.0679. The molecule has 1 saturated heterocycles. The van der Waals surface area contributed by atoms with Crippen molar-refractivity contribution in [2.75, 3.05) is 25.0 Å². The van der Waals surface area contributed by atoms with Gasteiger partial charge in [0.2, 0.25) is 5.95 Å². The molecule has 2 fully saturated rings. The van der Waals surface area contributed by atoms with Crippen LogP contribution in [0.3, 0.4) is 0 Å². The zero-order chi connectivity index (χ0) is 16.4. The Morgan fingerprint density at radius 3 is 3.00 bits per heavy atom. The van der Waals surface area contributed by atoms with Crippen molar-refractivity contribution >= 4 is 11.9 Å².